The SMILES string of the molecule is CC1CN(c2cnn(-c3ccccc3)c(=O)c2Cl)CC(C)O1. The summed E-state index contributed by atoms with van der Waals surface area (Å²) in [5.41, 5.74) is 1.06. The molecule has 2 unspecified atom stereocenters. The fourth-order valence-electron chi connectivity index (χ4n) is 2.77. The number of rotatable bonds is 2. The Bertz CT molecular complexity index is 707. The molecule has 2 heterocycles. The van der Waals surface area contributed by atoms with E-state index in [1.54, 1.807) is 6.20 Å². The Balaban J connectivity index is 1.98. The molecule has 0 radical (unpaired) electrons. The summed E-state index contributed by atoms with van der Waals surface area (Å²) >= 11 is 6.32. The number of halogens is 1. The van der Waals surface area contributed by atoms with Gasteiger partial charge >= 0.3 is 0 Å². The first kappa shape index (κ1) is 15.1. The van der Waals surface area contributed by atoms with Crippen molar-refractivity contribution in [3.63, 3.8) is 0 Å². The van der Waals surface area contributed by atoms with Crippen LogP contribution in [0.3, 0.4) is 0 Å². The predicted octanol–water partition coefficient (Wildman–Crippen LogP) is 2.50. The minimum atomic E-state index is -0.308. The first-order valence-corrected chi connectivity index (χ1v) is 7.67. The van der Waals surface area contributed by atoms with Crippen LogP contribution in [0.5, 0.6) is 0 Å². The molecule has 2 aromatic rings. The zero-order chi connectivity index (χ0) is 15.7. The van der Waals surface area contributed by atoms with Crippen molar-refractivity contribution in [2.45, 2.75) is 26.1 Å². The lowest BCUT2D eigenvalue weighted by molar-refractivity contribution is -0.00524. The van der Waals surface area contributed by atoms with Crippen LogP contribution < -0.4 is 10.5 Å². The lowest BCUT2D eigenvalue weighted by atomic mass is 10.2. The maximum absolute atomic E-state index is 12.5. The maximum Gasteiger partial charge on any atom is 0.292 e. The van der Waals surface area contributed by atoms with Gasteiger partial charge in [-0.1, -0.05) is 29.8 Å². The molecule has 0 N–H and O–H groups in total. The summed E-state index contributed by atoms with van der Waals surface area (Å²) in [4.78, 5) is 14.6. The maximum atomic E-state index is 12.5. The summed E-state index contributed by atoms with van der Waals surface area (Å²) in [6.07, 6.45) is 1.84. The van der Waals surface area contributed by atoms with E-state index in [1.807, 2.05) is 44.2 Å². The van der Waals surface area contributed by atoms with Gasteiger partial charge in [0.1, 0.15) is 5.02 Å². The van der Waals surface area contributed by atoms with Gasteiger partial charge in [-0.15, -0.1) is 0 Å². The smallest absolute Gasteiger partial charge is 0.292 e. The van der Waals surface area contributed by atoms with E-state index in [9.17, 15) is 4.79 Å². The molecule has 116 valence electrons. The fourth-order valence-corrected chi connectivity index (χ4v) is 3.02. The molecule has 1 saturated heterocycles. The van der Waals surface area contributed by atoms with Crippen molar-refractivity contribution in [3.05, 3.63) is 51.9 Å². The Kier molecular flexibility index (Phi) is 4.18. The number of hydrogen-bond acceptors (Lipinski definition) is 4. The number of morpholine rings is 1. The van der Waals surface area contributed by atoms with Crippen LogP contribution >= 0.6 is 11.6 Å². The molecule has 5 nitrogen and oxygen atoms in total. The fraction of sp³-hybridized carbons (Fsp3) is 0.375. The molecular formula is C16H18ClN3O2. The van der Waals surface area contributed by atoms with Gasteiger partial charge in [0, 0.05) is 13.1 Å². The van der Waals surface area contributed by atoms with Crippen molar-refractivity contribution < 1.29 is 4.74 Å². The highest BCUT2D eigenvalue weighted by Gasteiger charge is 2.25. The van der Waals surface area contributed by atoms with E-state index in [0.717, 1.165) is 0 Å². The molecule has 3 rings (SSSR count). The van der Waals surface area contributed by atoms with E-state index in [0.29, 0.717) is 24.5 Å². The van der Waals surface area contributed by atoms with E-state index in [2.05, 4.69) is 10.00 Å². The van der Waals surface area contributed by atoms with Gasteiger partial charge in [-0.25, -0.2) is 0 Å². The second kappa shape index (κ2) is 6.10. The lowest BCUT2D eigenvalue weighted by Crippen LogP contribution is -2.46. The number of ether oxygens (including phenoxy) is 1. The van der Waals surface area contributed by atoms with Gasteiger partial charge in [0.15, 0.2) is 0 Å². The van der Waals surface area contributed by atoms with Crippen LogP contribution in [0.4, 0.5) is 5.69 Å². The molecule has 6 heteroatoms. The molecule has 0 aliphatic carbocycles. The molecule has 1 fully saturated rings. The Hall–Kier alpha value is -1.85. The number of anilines is 1. The van der Waals surface area contributed by atoms with Crippen LogP contribution in [0.1, 0.15) is 13.8 Å². The summed E-state index contributed by atoms with van der Waals surface area (Å²) in [6, 6.07) is 9.25. The molecule has 22 heavy (non-hydrogen) atoms. The zero-order valence-electron chi connectivity index (χ0n) is 12.6. The monoisotopic (exact) mass is 319 g/mol. The van der Waals surface area contributed by atoms with Crippen molar-refractivity contribution in [2.75, 3.05) is 18.0 Å². The van der Waals surface area contributed by atoms with Crippen LogP contribution in [0.2, 0.25) is 5.02 Å². The number of hydrogen-bond donors (Lipinski definition) is 0. The molecule has 0 saturated carbocycles. The van der Waals surface area contributed by atoms with Crippen molar-refractivity contribution >= 4 is 17.3 Å². The van der Waals surface area contributed by atoms with E-state index in [1.165, 1.54) is 4.68 Å². The average molecular weight is 320 g/mol. The Morgan fingerprint density at radius 3 is 2.45 bits per heavy atom. The molecular weight excluding hydrogens is 302 g/mol. The van der Waals surface area contributed by atoms with Gasteiger partial charge in [0.2, 0.25) is 0 Å². The Morgan fingerprint density at radius 2 is 1.82 bits per heavy atom. The van der Waals surface area contributed by atoms with E-state index < -0.39 is 0 Å². The Labute approximate surface area is 134 Å². The van der Waals surface area contributed by atoms with Gasteiger partial charge in [-0.2, -0.15) is 9.78 Å². The summed E-state index contributed by atoms with van der Waals surface area (Å²) in [6.45, 7) is 5.41. The zero-order valence-corrected chi connectivity index (χ0v) is 13.3. The average Bonchev–Trinajstić information content (AvgIpc) is 2.50. The highest BCUT2D eigenvalue weighted by molar-refractivity contribution is 6.33. The van der Waals surface area contributed by atoms with Crippen LogP contribution in [0.25, 0.3) is 5.69 Å². The van der Waals surface area contributed by atoms with E-state index >= 15 is 0 Å². The minimum Gasteiger partial charge on any atom is -0.372 e. The quantitative estimate of drug-likeness (QED) is 0.853. The summed E-state index contributed by atoms with van der Waals surface area (Å²) in [5, 5.41) is 4.47. The molecule has 0 amide bonds. The molecule has 2 atom stereocenters. The first-order valence-electron chi connectivity index (χ1n) is 7.30. The number of aromatic nitrogens is 2. The minimum absolute atomic E-state index is 0.0939. The third-order valence-corrected chi connectivity index (χ3v) is 4.02. The first-order chi connectivity index (χ1) is 10.6. The molecule has 0 spiro atoms. The van der Waals surface area contributed by atoms with Gasteiger partial charge in [-0.05, 0) is 26.0 Å². The van der Waals surface area contributed by atoms with Gasteiger partial charge in [0.25, 0.3) is 5.56 Å². The molecule has 0 bridgehead atoms. The van der Waals surface area contributed by atoms with E-state index in [-0.39, 0.29) is 22.8 Å². The standard InChI is InChI=1S/C16H18ClN3O2/c1-11-9-19(10-12(2)22-11)14-8-18-20(16(21)15(14)17)13-6-4-3-5-7-13/h3-8,11-12H,9-10H2,1-2H3. The second-order valence-corrected chi connectivity index (χ2v) is 5.94. The number of benzene rings is 1. The summed E-state index contributed by atoms with van der Waals surface area (Å²) in [5.74, 6) is 0. The molecule has 1 aliphatic heterocycles. The normalized spacial score (nSPS) is 21.9. The molecule has 1 aliphatic rings. The predicted molar refractivity (Wildman–Crippen MR) is 87.1 cm³/mol. The van der Waals surface area contributed by atoms with Gasteiger partial charge in [-0.3, -0.25) is 4.79 Å². The van der Waals surface area contributed by atoms with Crippen LogP contribution in [0.15, 0.2) is 41.3 Å². The van der Waals surface area contributed by atoms with Gasteiger partial charge < -0.3 is 9.64 Å². The lowest BCUT2D eigenvalue weighted by Gasteiger charge is -2.36. The van der Waals surface area contributed by atoms with Crippen LogP contribution in [-0.4, -0.2) is 35.1 Å². The molecule has 1 aromatic heterocycles. The van der Waals surface area contributed by atoms with Crippen molar-refractivity contribution in [3.8, 4) is 5.69 Å². The number of nitrogens with zero attached hydrogens (tertiary/aromatic N) is 3. The van der Waals surface area contributed by atoms with Crippen molar-refractivity contribution in [1.82, 2.24) is 9.78 Å². The largest absolute Gasteiger partial charge is 0.372 e. The van der Waals surface area contributed by atoms with Crippen molar-refractivity contribution in [1.29, 1.82) is 0 Å². The Morgan fingerprint density at radius 1 is 1.18 bits per heavy atom. The summed E-state index contributed by atoms with van der Waals surface area (Å²) < 4.78 is 7.03. The van der Waals surface area contributed by atoms with Crippen LogP contribution in [-0.2, 0) is 4.74 Å². The third-order valence-electron chi connectivity index (χ3n) is 3.66. The highest BCUT2D eigenvalue weighted by Crippen LogP contribution is 2.25. The highest BCUT2D eigenvalue weighted by atomic mass is 35.5. The summed E-state index contributed by atoms with van der Waals surface area (Å²) in [7, 11) is 0. The van der Waals surface area contributed by atoms with Crippen LogP contribution in [0, 0.1) is 0 Å². The van der Waals surface area contributed by atoms with Gasteiger partial charge in [0.05, 0.1) is 29.8 Å². The van der Waals surface area contributed by atoms with E-state index in [4.69, 9.17) is 16.3 Å². The second-order valence-electron chi connectivity index (χ2n) is 5.56. The topological polar surface area (TPSA) is 47.4 Å². The third kappa shape index (κ3) is 2.87. The molecule has 1 aromatic carbocycles. The number of para-hydroxylation sites is 1. The van der Waals surface area contributed by atoms with Crippen molar-refractivity contribution in [2.24, 2.45) is 0 Å².